The lowest BCUT2D eigenvalue weighted by atomic mass is 9.98. The van der Waals surface area contributed by atoms with Gasteiger partial charge >= 0.3 is 5.97 Å². The number of anilines is 1. The van der Waals surface area contributed by atoms with Crippen molar-refractivity contribution in [1.29, 1.82) is 0 Å². The van der Waals surface area contributed by atoms with Crippen LogP contribution in [0.1, 0.15) is 38.3 Å². The molecule has 0 fully saturated rings. The van der Waals surface area contributed by atoms with E-state index in [1.807, 2.05) is 62.5 Å². The molecule has 2 aromatic carbocycles. The Balaban J connectivity index is 1.41. The molecule has 0 spiro atoms. The van der Waals surface area contributed by atoms with E-state index in [-0.39, 0.29) is 12.3 Å². The summed E-state index contributed by atoms with van der Waals surface area (Å²) in [5.74, 6) is -0.752. The Morgan fingerprint density at radius 3 is 2.46 bits per heavy atom. The zero-order valence-electron chi connectivity index (χ0n) is 19.8. The summed E-state index contributed by atoms with van der Waals surface area (Å²) in [4.78, 5) is 36.6. The second kappa shape index (κ2) is 10.5. The molecule has 0 aliphatic heterocycles. The van der Waals surface area contributed by atoms with E-state index in [1.165, 1.54) is 0 Å². The van der Waals surface area contributed by atoms with E-state index in [2.05, 4.69) is 25.6 Å². The molecule has 8 nitrogen and oxygen atoms in total. The number of aromatic amines is 1. The Labute approximate surface area is 207 Å². The van der Waals surface area contributed by atoms with Gasteiger partial charge < -0.3 is 20.7 Å². The molecule has 180 valence electrons. The van der Waals surface area contributed by atoms with Crippen LogP contribution >= 0.6 is 11.3 Å². The Kier molecular flexibility index (Phi) is 7.26. The van der Waals surface area contributed by atoms with Gasteiger partial charge in [-0.2, -0.15) is 0 Å². The molecular formula is C26H27N5O3S. The smallest absolute Gasteiger partial charge is 0.326 e. The summed E-state index contributed by atoms with van der Waals surface area (Å²) in [5, 5.41) is 18.5. The number of carboxylic acids is 1. The number of aryl methyl sites for hydroxylation is 3. The van der Waals surface area contributed by atoms with Crippen molar-refractivity contribution in [1.82, 2.24) is 20.3 Å². The predicted molar refractivity (Wildman–Crippen MR) is 137 cm³/mol. The van der Waals surface area contributed by atoms with Gasteiger partial charge in [0.05, 0.1) is 12.2 Å². The molecule has 35 heavy (non-hydrogen) atoms. The SMILES string of the molecule is Cc1cc(C)c(C(=O)NC(Cc2ccc(-c3nc(CNc4ncc[nH]4)cs3)cc2)C(=O)O)c(C)c1. The first-order chi connectivity index (χ1) is 16.8. The standard InChI is InChI=1S/C26H27N5O3S/c1-15-10-16(2)22(17(3)11-15)23(32)31-21(25(33)34)12-18-4-6-19(7-5-18)24-30-20(14-35-24)13-29-26-27-8-9-28-26/h4-11,14,21H,12-13H2,1-3H3,(H,31,32)(H,33,34)(H2,27,28,29). The molecule has 4 aromatic rings. The maximum atomic E-state index is 12.9. The second-order valence-electron chi connectivity index (χ2n) is 8.47. The number of carbonyl (C=O) groups is 2. The number of nitrogens with one attached hydrogen (secondary N) is 3. The first kappa shape index (κ1) is 24.2. The molecule has 9 heteroatoms. The van der Waals surface area contributed by atoms with Crippen LogP contribution < -0.4 is 10.6 Å². The van der Waals surface area contributed by atoms with Crippen molar-refractivity contribution in [2.24, 2.45) is 0 Å². The normalized spacial score (nSPS) is 11.7. The van der Waals surface area contributed by atoms with Crippen LogP contribution in [-0.4, -0.2) is 38.0 Å². The number of aliphatic carboxylic acids is 1. The molecule has 0 saturated heterocycles. The van der Waals surface area contributed by atoms with Gasteiger partial charge in [-0.15, -0.1) is 11.3 Å². The quantitative estimate of drug-likeness (QED) is 0.275. The summed E-state index contributed by atoms with van der Waals surface area (Å²) in [6, 6.07) is 10.4. The number of carbonyl (C=O) groups excluding carboxylic acids is 1. The highest BCUT2D eigenvalue weighted by atomic mass is 32.1. The van der Waals surface area contributed by atoms with Gasteiger partial charge in [0.1, 0.15) is 11.0 Å². The molecule has 2 heterocycles. The highest BCUT2D eigenvalue weighted by Crippen LogP contribution is 2.25. The lowest BCUT2D eigenvalue weighted by molar-refractivity contribution is -0.139. The van der Waals surface area contributed by atoms with Crippen LogP contribution in [0.2, 0.25) is 0 Å². The largest absolute Gasteiger partial charge is 0.480 e. The number of nitrogens with zero attached hydrogens (tertiary/aromatic N) is 2. The molecule has 2 aromatic heterocycles. The van der Waals surface area contributed by atoms with Crippen molar-refractivity contribution in [3.05, 3.63) is 87.7 Å². The summed E-state index contributed by atoms with van der Waals surface area (Å²) >= 11 is 1.54. The maximum absolute atomic E-state index is 12.9. The molecule has 1 unspecified atom stereocenters. The minimum atomic E-state index is -1.07. The van der Waals surface area contributed by atoms with Gasteiger partial charge in [0.25, 0.3) is 5.91 Å². The van der Waals surface area contributed by atoms with E-state index in [0.717, 1.165) is 38.5 Å². The number of hydrogen-bond acceptors (Lipinski definition) is 6. The minimum Gasteiger partial charge on any atom is -0.480 e. The third-order valence-corrected chi connectivity index (χ3v) is 6.58. The van der Waals surface area contributed by atoms with Crippen LogP contribution in [0, 0.1) is 20.8 Å². The van der Waals surface area contributed by atoms with Crippen LogP contribution in [0.25, 0.3) is 10.6 Å². The molecule has 0 radical (unpaired) electrons. The first-order valence-corrected chi connectivity index (χ1v) is 12.1. The fourth-order valence-corrected chi connectivity index (χ4v) is 4.87. The molecule has 1 atom stereocenters. The van der Waals surface area contributed by atoms with Gasteiger partial charge in [0.2, 0.25) is 0 Å². The third kappa shape index (κ3) is 5.93. The Morgan fingerprint density at radius 1 is 1.11 bits per heavy atom. The highest BCUT2D eigenvalue weighted by Gasteiger charge is 2.23. The minimum absolute atomic E-state index is 0.182. The third-order valence-electron chi connectivity index (χ3n) is 5.64. The topological polar surface area (TPSA) is 120 Å². The summed E-state index contributed by atoms with van der Waals surface area (Å²) in [5.41, 5.74) is 5.91. The average molecular weight is 490 g/mol. The molecule has 0 saturated carbocycles. The van der Waals surface area contributed by atoms with Crippen molar-refractivity contribution in [3.8, 4) is 10.6 Å². The number of amides is 1. The average Bonchev–Trinajstić information content (AvgIpc) is 3.49. The highest BCUT2D eigenvalue weighted by molar-refractivity contribution is 7.13. The number of thiazole rings is 1. The van der Waals surface area contributed by atoms with Crippen LogP contribution in [0.4, 0.5) is 5.95 Å². The Bertz CT molecular complexity index is 1310. The molecular weight excluding hydrogens is 462 g/mol. The molecule has 0 aliphatic rings. The summed E-state index contributed by atoms with van der Waals surface area (Å²) in [6.45, 7) is 6.25. The Hall–Kier alpha value is -3.98. The van der Waals surface area contributed by atoms with Crippen LogP contribution in [0.3, 0.4) is 0 Å². The second-order valence-corrected chi connectivity index (χ2v) is 9.33. The van der Waals surface area contributed by atoms with Crippen molar-refractivity contribution < 1.29 is 14.7 Å². The van der Waals surface area contributed by atoms with Gasteiger partial charge in [0, 0.05) is 35.3 Å². The van der Waals surface area contributed by atoms with Crippen molar-refractivity contribution >= 4 is 29.2 Å². The van der Waals surface area contributed by atoms with E-state index >= 15 is 0 Å². The molecule has 4 N–H and O–H groups in total. The van der Waals surface area contributed by atoms with Gasteiger partial charge in [-0.05, 0) is 37.5 Å². The predicted octanol–water partition coefficient (Wildman–Crippen LogP) is 4.50. The van der Waals surface area contributed by atoms with E-state index < -0.39 is 12.0 Å². The number of hydrogen-bond donors (Lipinski definition) is 4. The maximum Gasteiger partial charge on any atom is 0.326 e. The number of rotatable bonds is 9. The number of imidazole rings is 1. The first-order valence-electron chi connectivity index (χ1n) is 11.2. The molecule has 0 aliphatic carbocycles. The van der Waals surface area contributed by atoms with Gasteiger partial charge in [-0.25, -0.2) is 14.8 Å². The fourth-order valence-electron chi connectivity index (χ4n) is 4.04. The van der Waals surface area contributed by atoms with E-state index in [4.69, 9.17) is 0 Å². The van der Waals surface area contributed by atoms with E-state index in [1.54, 1.807) is 23.7 Å². The molecule has 1 amide bonds. The molecule has 4 rings (SSSR count). The van der Waals surface area contributed by atoms with Crippen molar-refractivity contribution in [3.63, 3.8) is 0 Å². The van der Waals surface area contributed by atoms with Gasteiger partial charge in [-0.1, -0.05) is 42.0 Å². The van der Waals surface area contributed by atoms with E-state index in [9.17, 15) is 14.7 Å². The zero-order chi connectivity index (χ0) is 24.9. The van der Waals surface area contributed by atoms with Crippen molar-refractivity contribution in [2.45, 2.75) is 39.8 Å². The summed E-state index contributed by atoms with van der Waals surface area (Å²) in [6.07, 6.45) is 3.62. The number of carboxylic acid groups (broad SMARTS) is 1. The number of aromatic nitrogens is 3. The number of benzene rings is 2. The zero-order valence-corrected chi connectivity index (χ0v) is 20.6. The number of H-pyrrole nitrogens is 1. The van der Waals surface area contributed by atoms with Crippen LogP contribution in [0.5, 0.6) is 0 Å². The van der Waals surface area contributed by atoms with Crippen LogP contribution in [0.15, 0.2) is 54.2 Å². The lowest BCUT2D eigenvalue weighted by Gasteiger charge is -2.17. The fraction of sp³-hybridized carbons (Fsp3) is 0.231. The Morgan fingerprint density at radius 2 is 1.83 bits per heavy atom. The monoisotopic (exact) mass is 489 g/mol. The van der Waals surface area contributed by atoms with Gasteiger partial charge in [0.15, 0.2) is 5.95 Å². The van der Waals surface area contributed by atoms with Crippen LogP contribution in [-0.2, 0) is 17.8 Å². The summed E-state index contributed by atoms with van der Waals surface area (Å²) < 4.78 is 0. The molecule has 0 bridgehead atoms. The van der Waals surface area contributed by atoms with Gasteiger partial charge in [-0.3, -0.25) is 4.79 Å². The summed E-state index contributed by atoms with van der Waals surface area (Å²) in [7, 11) is 0. The van der Waals surface area contributed by atoms with Crippen molar-refractivity contribution in [2.75, 3.05) is 5.32 Å². The lowest BCUT2D eigenvalue weighted by Crippen LogP contribution is -2.42. The van der Waals surface area contributed by atoms with E-state index in [0.29, 0.717) is 18.1 Å².